The van der Waals surface area contributed by atoms with Crippen LogP contribution < -0.4 is 0 Å². The third-order valence-electron chi connectivity index (χ3n) is 2.95. The Kier molecular flexibility index (Phi) is 6.59. The standard InChI is InChI=1S/C10H14F2O7S/c11-10(12,20-19-18-16)5-17-9(15)7-4-2-1-3-6(7)8(13)14/h6-7,16H,1-5H2,(H,13,14). The molecule has 10 heteroatoms. The number of esters is 1. The first-order chi connectivity index (χ1) is 9.37. The second-order valence-corrected chi connectivity index (χ2v) is 5.21. The number of carbonyl (C=O) groups is 2. The quantitative estimate of drug-likeness (QED) is 0.318. The van der Waals surface area contributed by atoms with Gasteiger partial charge in [-0.15, -0.1) is 4.33 Å². The number of aliphatic carboxylic acids is 1. The number of hydrogen-bond donors (Lipinski definition) is 2. The van der Waals surface area contributed by atoms with Crippen LogP contribution in [-0.2, 0) is 23.7 Å². The summed E-state index contributed by atoms with van der Waals surface area (Å²) in [5, 5.41) is 16.1. The van der Waals surface area contributed by atoms with E-state index < -0.39 is 47.7 Å². The zero-order valence-electron chi connectivity index (χ0n) is 10.3. The van der Waals surface area contributed by atoms with E-state index in [0.717, 1.165) is 0 Å². The Morgan fingerprint density at radius 2 is 1.85 bits per heavy atom. The van der Waals surface area contributed by atoms with E-state index in [-0.39, 0.29) is 0 Å². The first-order valence-electron chi connectivity index (χ1n) is 5.80. The van der Waals surface area contributed by atoms with Crippen LogP contribution in [0.1, 0.15) is 25.7 Å². The van der Waals surface area contributed by atoms with E-state index in [0.29, 0.717) is 25.7 Å². The van der Waals surface area contributed by atoms with Gasteiger partial charge in [-0.1, -0.05) is 17.9 Å². The molecule has 1 rings (SSSR count). The Balaban J connectivity index is 2.50. The summed E-state index contributed by atoms with van der Waals surface area (Å²) in [5.41, 5.74) is 0. The van der Waals surface area contributed by atoms with Gasteiger partial charge in [0.25, 0.3) is 0 Å². The van der Waals surface area contributed by atoms with Crippen molar-refractivity contribution < 1.29 is 42.8 Å². The van der Waals surface area contributed by atoms with Crippen LogP contribution in [0.15, 0.2) is 0 Å². The Morgan fingerprint density at radius 3 is 2.40 bits per heavy atom. The molecule has 116 valence electrons. The number of hydrogen-bond acceptors (Lipinski definition) is 7. The van der Waals surface area contributed by atoms with Crippen LogP contribution in [0, 0.1) is 11.8 Å². The molecule has 7 nitrogen and oxygen atoms in total. The molecular formula is C10H14F2O7S. The molecule has 0 aliphatic heterocycles. The number of alkyl halides is 2. The summed E-state index contributed by atoms with van der Waals surface area (Å²) in [7, 11) is 0. The highest BCUT2D eigenvalue weighted by molar-refractivity contribution is 7.95. The highest BCUT2D eigenvalue weighted by Crippen LogP contribution is 2.33. The number of carbonyl (C=O) groups excluding carboxylic acids is 1. The van der Waals surface area contributed by atoms with E-state index in [9.17, 15) is 18.4 Å². The van der Waals surface area contributed by atoms with Gasteiger partial charge in [-0.05, 0) is 12.8 Å². The predicted molar refractivity (Wildman–Crippen MR) is 61.4 cm³/mol. The summed E-state index contributed by atoms with van der Waals surface area (Å²) >= 11 is -0.525. The molecule has 1 aliphatic rings. The van der Waals surface area contributed by atoms with Crippen LogP contribution in [0.25, 0.3) is 0 Å². The van der Waals surface area contributed by atoms with Gasteiger partial charge in [0, 0.05) is 0 Å². The maximum atomic E-state index is 13.0. The molecule has 0 bridgehead atoms. The highest BCUT2D eigenvalue weighted by Gasteiger charge is 2.40. The fourth-order valence-corrected chi connectivity index (χ4v) is 2.30. The number of ether oxygens (including phenoxy) is 1. The molecule has 2 N–H and O–H groups in total. The van der Waals surface area contributed by atoms with Gasteiger partial charge >= 0.3 is 17.2 Å². The van der Waals surface area contributed by atoms with Crippen LogP contribution >= 0.6 is 12.0 Å². The molecule has 2 atom stereocenters. The normalized spacial score (nSPS) is 23.4. The zero-order chi connectivity index (χ0) is 15.2. The average molecular weight is 316 g/mol. The number of carboxylic acid groups (broad SMARTS) is 1. The van der Waals surface area contributed by atoms with Crippen molar-refractivity contribution in [3.05, 3.63) is 0 Å². The van der Waals surface area contributed by atoms with E-state index in [1.807, 2.05) is 0 Å². The van der Waals surface area contributed by atoms with Crippen molar-refractivity contribution in [2.24, 2.45) is 11.8 Å². The van der Waals surface area contributed by atoms with Crippen molar-refractivity contribution in [2.45, 2.75) is 30.9 Å². The average Bonchev–Trinajstić information content (AvgIpc) is 2.42. The Bertz CT molecular complexity index is 352. The minimum Gasteiger partial charge on any atom is -0.481 e. The van der Waals surface area contributed by atoms with Crippen molar-refractivity contribution in [2.75, 3.05) is 6.61 Å². The minimum absolute atomic E-state index is 0.296. The lowest BCUT2D eigenvalue weighted by Gasteiger charge is -2.27. The summed E-state index contributed by atoms with van der Waals surface area (Å²) < 4.78 is 34.1. The van der Waals surface area contributed by atoms with Crippen LogP contribution in [-0.4, -0.2) is 34.2 Å². The zero-order valence-corrected chi connectivity index (χ0v) is 11.1. The molecule has 2 unspecified atom stereocenters. The number of carboxylic acids is 1. The summed E-state index contributed by atoms with van der Waals surface area (Å²) in [6.45, 7) is -1.30. The Morgan fingerprint density at radius 1 is 1.25 bits per heavy atom. The molecule has 1 fully saturated rings. The summed E-state index contributed by atoms with van der Waals surface area (Å²) in [6.07, 6.45) is 1.94. The van der Waals surface area contributed by atoms with Gasteiger partial charge in [0.1, 0.15) is 12.0 Å². The molecule has 20 heavy (non-hydrogen) atoms. The molecule has 0 saturated heterocycles. The Labute approximate surface area is 117 Å². The van der Waals surface area contributed by atoms with Gasteiger partial charge in [-0.25, -0.2) is 5.26 Å². The monoisotopic (exact) mass is 316 g/mol. The topological polar surface area (TPSA) is 102 Å². The second kappa shape index (κ2) is 7.72. The lowest BCUT2D eigenvalue weighted by molar-refractivity contribution is -0.433. The Hall–Kier alpha value is -0.970. The fraction of sp³-hybridized carbons (Fsp3) is 0.800. The van der Waals surface area contributed by atoms with Crippen molar-refractivity contribution >= 4 is 24.0 Å². The lowest BCUT2D eigenvalue weighted by atomic mass is 9.79. The predicted octanol–water partition coefficient (Wildman–Crippen LogP) is 2.08. The summed E-state index contributed by atoms with van der Waals surface area (Å²) in [6, 6.07) is 0. The lowest BCUT2D eigenvalue weighted by Crippen LogP contribution is -2.35. The van der Waals surface area contributed by atoms with E-state index >= 15 is 0 Å². The van der Waals surface area contributed by atoms with Crippen molar-refractivity contribution in [1.82, 2.24) is 0 Å². The van der Waals surface area contributed by atoms with Gasteiger partial charge in [0.2, 0.25) is 0 Å². The minimum atomic E-state index is -3.62. The maximum Gasteiger partial charge on any atom is 0.354 e. The SMILES string of the molecule is O=C(O)C1CCCCC1C(=O)OCC(F)(F)SOOO. The van der Waals surface area contributed by atoms with E-state index in [1.165, 1.54) is 0 Å². The molecule has 0 aromatic carbocycles. The molecule has 1 saturated carbocycles. The van der Waals surface area contributed by atoms with Crippen molar-refractivity contribution in [1.29, 1.82) is 0 Å². The van der Waals surface area contributed by atoms with Gasteiger partial charge in [0.05, 0.1) is 11.8 Å². The van der Waals surface area contributed by atoms with Crippen LogP contribution in [0.4, 0.5) is 8.78 Å². The molecule has 0 spiro atoms. The summed E-state index contributed by atoms with van der Waals surface area (Å²) in [4.78, 5) is 22.7. The number of rotatable bonds is 7. The van der Waals surface area contributed by atoms with Crippen molar-refractivity contribution in [3.63, 3.8) is 0 Å². The third kappa shape index (κ3) is 5.19. The molecular weight excluding hydrogens is 302 g/mol. The molecule has 0 amide bonds. The summed E-state index contributed by atoms with van der Waals surface area (Å²) in [5.74, 6) is -3.93. The highest BCUT2D eigenvalue weighted by atomic mass is 32.2. The van der Waals surface area contributed by atoms with Gasteiger partial charge < -0.3 is 9.84 Å². The van der Waals surface area contributed by atoms with Crippen molar-refractivity contribution in [3.8, 4) is 0 Å². The molecule has 1 aliphatic carbocycles. The largest absolute Gasteiger partial charge is 0.481 e. The van der Waals surface area contributed by atoms with Gasteiger partial charge in [-0.3, -0.25) is 9.59 Å². The van der Waals surface area contributed by atoms with Crippen LogP contribution in [0.3, 0.4) is 0 Å². The number of halogens is 2. The smallest absolute Gasteiger partial charge is 0.354 e. The van der Waals surface area contributed by atoms with Crippen LogP contribution in [0.5, 0.6) is 0 Å². The first kappa shape index (κ1) is 17.1. The third-order valence-corrected chi connectivity index (χ3v) is 3.45. The van der Waals surface area contributed by atoms with E-state index in [2.05, 4.69) is 14.1 Å². The fourth-order valence-electron chi connectivity index (χ4n) is 2.06. The molecule has 0 radical (unpaired) electrons. The van der Waals surface area contributed by atoms with E-state index in [4.69, 9.17) is 10.4 Å². The molecule has 0 aromatic rings. The maximum absolute atomic E-state index is 13.0. The van der Waals surface area contributed by atoms with E-state index in [1.54, 1.807) is 0 Å². The van der Waals surface area contributed by atoms with Crippen LogP contribution in [0.2, 0.25) is 0 Å². The molecule has 0 heterocycles. The second-order valence-electron chi connectivity index (χ2n) is 4.31. The molecule has 0 aromatic heterocycles. The van der Waals surface area contributed by atoms with Gasteiger partial charge in [0.15, 0.2) is 6.61 Å². The van der Waals surface area contributed by atoms with Gasteiger partial charge in [-0.2, -0.15) is 8.78 Å². The first-order valence-corrected chi connectivity index (χ1v) is 6.54.